The summed E-state index contributed by atoms with van der Waals surface area (Å²) in [6.07, 6.45) is 1.04. The lowest BCUT2D eigenvalue weighted by Gasteiger charge is -2.00. The summed E-state index contributed by atoms with van der Waals surface area (Å²) in [7, 11) is -3.18. The number of carbonyl (C=O) groups is 1. The van der Waals surface area contributed by atoms with Crippen molar-refractivity contribution in [1.29, 1.82) is 0 Å². The van der Waals surface area contributed by atoms with E-state index in [1.54, 1.807) is 0 Å². The number of thiazole rings is 1. The van der Waals surface area contributed by atoms with Gasteiger partial charge in [-0.3, -0.25) is 0 Å². The van der Waals surface area contributed by atoms with E-state index < -0.39 is 21.5 Å². The molecule has 0 fully saturated rings. The lowest BCUT2D eigenvalue weighted by atomic mass is 10.3. The monoisotopic (exact) mass is 293 g/mol. The van der Waals surface area contributed by atoms with Crippen LogP contribution < -0.4 is 5.73 Å². The number of oxime groups is 1. The molecule has 100 valence electrons. The van der Waals surface area contributed by atoms with Gasteiger partial charge in [-0.25, -0.2) is 18.2 Å². The van der Waals surface area contributed by atoms with Crippen molar-refractivity contribution < 1.29 is 23.2 Å². The van der Waals surface area contributed by atoms with E-state index in [9.17, 15) is 13.2 Å². The number of hydrogen-bond donors (Lipinski definition) is 2. The Bertz CT molecular complexity index is 563. The smallest absolute Gasteiger partial charge is 0.360 e. The summed E-state index contributed by atoms with van der Waals surface area (Å²) in [6.45, 7) is -0.227. The average Bonchev–Trinajstić information content (AvgIpc) is 2.62. The number of anilines is 1. The Labute approximate surface area is 107 Å². The fourth-order valence-corrected chi connectivity index (χ4v) is 1.82. The molecule has 10 heteroatoms. The Morgan fingerprint density at radius 3 is 2.78 bits per heavy atom. The van der Waals surface area contributed by atoms with Crippen molar-refractivity contribution in [3.05, 3.63) is 11.1 Å². The molecule has 0 aromatic carbocycles. The number of rotatable bonds is 6. The first kappa shape index (κ1) is 14.4. The van der Waals surface area contributed by atoms with Gasteiger partial charge in [0.2, 0.25) is 5.71 Å². The highest BCUT2D eigenvalue weighted by Gasteiger charge is 2.17. The summed E-state index contributed by atoms with van der Waals surface area (Å²) in [6, 6.07) is 0. The maximum Gasteiger partial charge on any atom is 0.360 e. The van der Waals surface area contributed by atoms with Gasteiger partial charge in [0.05, 0.1) is 5.75 Å². The summed E-state index contributed by atoms with van der Waals surface area (Å²) in [5.74, 6) is -1.58. The Hall–Kier alpha value is -1.68. The molecule has 0 atom stereocenters. The minimum absolute atomic E-state index is 0.0735. The van der Waals surface area contributed by atoms with Gasteiger partial charge >= 0.3 is 5.97 Å². The third kappa shape index (κ3) is 4.67. The second kappa shape index (κ2) is 5.78. The van der Waals surface area contributed by atoms with Crippen LogP contribution in [0.2, 0.25) is 0 Å². The van der Waals surface area contributed by atoms with Crippen LogP contribution in [0.4, 0.5) is 5.13 Å². The largest absolute Gasteiger partial charge is 0.476 e. The Kier molecular flexibility index (Phi) is 4.62. The molecule has 0 spiro atoms. The minimum Gasteiger partial charge on any atom is -0.476 e. The van der Waals surface area contributed by atoms with Crippen LogP contribution in [0.5, 0.6) is 0 Å². The van der Waals surface area contributed by atoms with Crippen molar-refractivity contribution in [2.75, 3.05) is 24.3 Å². The SMILES string of the molecule is CS(=O)(=O)CCO/N=C(/C(=O)O)c1csc(N)n1. The summed E-state index contributed by atoms with van der Waals surface area (Å²) in [5, 5.41) is 13.9. The first-order valence-corrected chi connectivity index (χ1v) is 7.56. The lowest BCUT2D eigenvalue weighted by molar-refractivity contribution is -0.129. The minimum atomic E-state index is -3.18. The molecule has 0 aliphatic rings. The van der Waals surface area contributed by atoms with Gasteiger partial charge in [0.1, 0.15) is 12.3 Å². The predicted octanol–water partition coefficient (Wildman–Crippen LogP) is -0.425. The zero-order valence-corrected chi connectivity index (χ0v) is 11.0. The van der Waals surface area contributed by atoms with Crippen molar-refractivity contribution in [1.82, 2.24) is 4.98 Å². The number of nitrogens with zero attached hydrogens (tertiary/aromatic N) is 2. The number of hydrogen-bond acceptors (Lipinski definition) is 8. The van der Waals surface area contributed by atoms with Crippen LogP contribution in [0.25, 0.3) is 0 Å². The van der Waals surface area contributed by atoms with E-state index in [-0.39, 0.29) is 23.2 Å². The van der Waals surface area contributed by atoms with E-state index in [1.807, 2.05) is 0 Å². The molecule has 1 aromatic heterocycles. The van der Waals surface area contributed by atoms with Gasteiger partial charge in [-0.15, -0.1) is 11.3 Å². The fraction of sp³-hybridized carbons (Fsp3) is 0.375. The molecule has 0 aliphatic heterocycles. The van der Waals surface area contributed by atoms with Gasteiger partial charge < -0.3 is 15.7 Å². The summed E-state index contributed by atoms with van der Waals surface area (Å²) in [5.41, 5.74) is 5.02. The molecule has 3 N–H and O–H groups in total. The highest BCUT2D eigenvalue weighted by Crippen LogP contribution is 2.12. The molecule has 8 nitrogen and oxygen atoms in total. The summed E-state index contributed by atoms with van der Waals surface area (Å²) < 4.78 is 21.6. The third-order valence-corrected chi connectivity index (χ3v) is 3.25. The molecule has 18 heavy (non-hydrogen) atoms. The van der Waals surface area contributed by atoms with E-state index >= 15 is 0 Å². The number of aliphatic carboxylic acids is 1. The quantitative estimate of drug-likeness (QED) is 0.413. The van der Waals surface area contributed by atoms with Crippen LogP contribution in [0.15, 0.2) is 10.5 Å². The number of nitrogen functional groups attached to an aromatic ring is 1. The van der Waals surface area contributed by atoms with Gasteiger partial charge in [0, 0.05) is 11.6 Å². The number of carboxylic acids is 1. The third-order valence-electron chi connectivity index (χ3n) is 1.67. The standard InChI is InChI=1S/C8H11N3O5S2/c1-18(14,15)3-2-16-11-6(7(12)13)5-4-17-8(9)10-5/h4H,2-3H2,1H3,(H2,9,10)(H,12,13)/b11-6+. The first-order chi connectivity index (χ1) is 8.29. The van der Waals surface area contributed by atoms with Gasteiger partial charge in [-0.05, 0) is 0 Å². The van der Waals surface area contributed by atoms with Crippen molar-refractivity contribution >= 4 is 38.0 Å². The van der Waals surface area contributed by atoms with Crippen molar-refractivity contribution in [2.24, 2.45) is 5.16 Å². The van der Waals surface area contributed by atoms with Crippen LogP contribution in [0.1, 0.15) is 5.69 Å². The second-order valence-corrected chi connectivity index (χ2v) is 6.43. The first-order valence-electron chi connectivity index (χ1n) is 4.62. The Balaban J connectivity index is 2.72. The van der Waals surface area contributed by atoms with Gasteiger partial charge in [-0.1, -0.05) is 5.16 Å². The van der Waals surface area contributed by atoms with Crippen LogP contribution in [-0.4, -0.2) is 48.8 Å². The van der Waals surface area contributed by atoms with E-state index in [0.29, 0.717) is 0 Å². The molecule has 0 saturated carbocycles. The highest BCUT2D eigenvalue weighted by atomic mass is 32.2. The van der Waals surface area contributed by atoms with Gasteiger partial charge in [0.25, 0.3) is 0 Å². The van der Waals surface area contributed by atoms with Gasteiger partial charge in [-0.2, -0.15) is 0 Å². The maximum absolute atomic E-state index is 10.9. The van der Waals surface area contributed by atoms with Crippen molar-refractivity contribution in [3.63, 3.8) is 0 Å². The molecule has 1 rings (SSSR count). The summed E-state index contributed by atoms with van der Waals surface area (Å²) >= 11 is 1.06. The van der Waals surface area contributed by atoms with Crippen LogP contribution in [-0.2, 0) is 19.5 Å². The predicted molar refractivity (Wildman–Crippen MR) is 66.4 cm³/mol. The zero-order valence-electron chi connectivity index (χ0n) is 9.36. The zero-order chi connectivity index (χ0) is 13.8. The van der Waals surface area contributed by atoms with E-state index in [0.717, 1.165) is 17.6 Å². The molecule has 0 saturated heterocycles. The molecule has 1 heterocycles. The van der Waals surface area contributed by atoms with E-state index in [1.165, 1.54) is 5.38 Å². The van der Waals surface area contributed by atoms with Crippen molar-refractivity contribution in [2.45, 2.75) is 0 Å². The molecule has 0 bridgehead atoms. The van der Waals surface area contributed by atoms with E-state index in [2.05, 4.69) is 15.0 Å². The topological polar surface area (TPSA) is 132 Å². The molecule has 0 aliphatic carbocycles. The highest BCUT2D eigenvalue weighted by molar-refractivity contribution is 7.90. The molecule has 1 aromatic rings. The fourth-order valence-electron chi connectivity index (χ4n) is 0.891. The number of nitrogens with two attached hydrogens (primary N) is 1. The molecular weight excluding hydrogens is 282 g/mol. The van der Waals surface area contributed by atoms with E-state index in [4.69, 9.17) is 10.8 Å². The maximum atomic E-state index is 10.9. The van der Waals surface area contributed by atoms with Crippen molar-refractivity contribution in [3.8, 4) is 0 Å². The number of carboxylic acid groups (broad SMARTS) is 1. The van der Waals surface area contributed by atoms with Crippen LogP contribution in [0, 0.1) is 0 Å². The molecular formula is C8H11N3O5S2. The molecule has 0 unspecified atom stereocenters. The average molecular weight is 293 g/mol. The normalized spacial score (nSPS) is 12.4. The molecule has 0 radical (unpaired) electrons. The number of sulfone groups is 1. The van der Waals surface area contributed by atoms with Gasteiger partial charge in [0.15, 0.2) is 15.0 Å². The molecule has 0 amide bonds. The summed E-state index contributed by atoms with van der Waals surface area (Å²) in [4.78, 5) is 19.3. The van der Waals surface area contributed by atoms with Crippen LogP contribution in [0.3, 0.4) is 0 Å². The second-order valence-electron chi connectivity index (χ2n) is 3.28. The number of aromatic nitrogens is 1. The Morgan fingerprint density at radius 1 is 1.67 bits per heavy atom. The lowest BCUT2D eigenvalue weighted by Crippen LogP contribution is -2.17. The van der Waals surface area contributed by atoms with Crippen LogP contribution >= 0.6 is 11.3 Å². The Morgan fingerprint density at radius 2 is 2.33 bits per heavy atom.